The van der Waals surface area contributed by atoms with Crippen molar-refractivity contribution in [1.29, 1.82) is 0 Å². The molecule has 3 nitrogen and oxygen atoms in total. The van der Waals surface area contributed by atoms with Crippen molar-refractivity contribution in [2.24, 2.45) is 5.92 Å². The van der Waals surface area contributed by atoms with Crippen LogP contribution in [0.2, 0.25) is 0 Å². The molecule has 1 aliphatic carbocycles. The van der Waals surface area contributed by atoms with Crippen LogP contribution in [-0.4, -0.2) is 24.0 Å². The molecule has 0 aromatic heterocycles. The van der Waals surface area contributed by atoms with Gasteiger partial charge in [-0.1, -0.05) is 18.6 Å². The number of ether oxygens (including phenoxy) is 1. The van der Waals surface area contributed by atoms with Gasteiger partial charge in [-0.2, -0.15) is 0 Å². The van der Waals surface area contributed by atoms with Crippen LogP contribution in [0, 0.1) is 5.92 Å². The Bertz CT molecular complexity index is 464. The summed E-state index contributed by atoms with van der Waals surface area (Å²) in [6.07, 6.45) is 5.61. The minimum atomic E-state index is 0.277. The summed E-state index contributed by atoms with van der Waals surface area (Å²) in [6.45, 7) is 3.60. The van der Waals surface area contributed by atoms with Crippen LogP contribution in [-0.2, 0) is 4.79 Å². The van der Waals surface area contributed by atoms with Crippen molar-refractivity contribution >= 4 is 5.91 Å². The third kappa shape index (κ3) is 2.54. The molecule has 108 valence electrons. The van der Waals surface area contributed by atoms with E-state index >= 15 is 0 Å². The van der Waals surface area contributed by atoms with Crippen LogP contribution in [0.5, 0.6) is 5.75 Å². The smallest absolute Gasteiger partial charge is 0.226 e. The average molecular weight is 273 g/mol. The minimum absolute atomic E-state index is 0.277. The van der Waals surface area contributed by atoms with Crippen LogP contribution in [0.1, 0.15) is 50.6 Å². The van der Waals surface area contributed by atoms with Gasteiger partial charge in [0.15, 0.2) is 0 Å². The number of hydrogen-bond donors (Lipinski definition) is 0. The van der Waals surface area contributed by atoms with Crippen LogP contribution in [0.25, 0.3) is 0 Å². The fourth-order valence-electron chi connectivity index (χ4n) is 3.22. The molecule has 1 saturated carbocycles. The average Bonchev–Trinajstić information content (AvgIpc) is 2.87. The molecule has 20 heavy (non-hydrogen) atoms. The van der Waals surface area contributed by atoms with Gasteiger partial charge < -0.3 is 9.64 Å². The van der Waals surface area contributed by atoms with Crippen molar-refractivity contribution in [2.45, 2.75) is 45.1 Å². The summed E-state index contributed by atoms with van der Waals surface area (Å²) in [7, 11) is 0. The van der Waals surface area contributed by atoms with Gasteiger partial charge in [-0.05, 0) is 50.3 Å². The molecule has 0 radical (unpaired) electrons. The quantitative estimate of drug-likeness (QED) is 0.839. The lowest BCUT2D eigenvalue weighted by Gasteiger charge is -2.33. The zero-order chi connectivity index (χ0) is 13.9. The maximum Gasteiger partial charge on any atom is 0.226 e. The Hall–Kier alpha value is -1.51. The van der Waals surface area contributed by atoms with E-state index in [2.05, 4.69) is 17.0 Å². The Balaban J connectivity index is 1.72. The van der Waals surface area contributed by atoms with Gasteiger partial charge in [0.2, 0.25) is 5.91 Å². The predicted molar refractivity (Wildman–Crippen MR) is 78.6 cm³/mol. The number of benzene rings is 1. The van der Waals surface area contributed by atoms with Gasteiger partial charge in [0.05, 0.1) is 12.6 Å². The van der Waals surface area contributed by atoms with Crippen LogP contribution in [0.15, 0.2) is 24.3 Å². The first-order valence-electron chi connectivity index (χ1n) is 7.83. The van der Waals surface area contributed by atoms with Crippen molar-refractivity contribution in [1.82, 2.24) is 4.90 Å². The highest BCUT2D eigenvalue weighted by Gasteiger charge is 2.36. The number of amides is 1. The third-order valence-corrected chi connectivity index (χ3v) is 4.57. The lowest BCUT2D eigenvalue weighted by molar-refractivity contribution is -0.139. The van der Waals surface area contributed by atoms with E-state index in [0.717, 1.165) is 38.0 Å². The number of nitrogens with zero attached hydrogens (tertiary/aromatic N) is 1. The molecule has 1 heterocycles. The van der Waals surface area contributed by atoms with Crippen molar-refractivity contribution < 1.29 is 9.53 Å². The zero-order valence-corrected chi connectivity index (χ0v) is 12.2. The third-order valence-electron chi connectivity index (χ3n) is 4.57. The summed E-state index contributed by atoms with van der Waals surface area (Å²) in [6, 6.07) is 8.54. The van der Waals surface area contributed by atoms with E-state index in [-0.39, 0.29) is 6.04 Å². The van der Waals surface area contributed by atoms with Crippen LogP contribution in [0.4, 0.5) is 0 Å². The molecule has 3 heteroatoms. The van der Waals surface area contributed by atoms with E-state index < -0.39 is 0 Å². The molecule has 1 saturated heterocycles. The van der Waals surface area contributed by atoms with E-state index in [1.807, 2.05) is 19.1 Å². The molecule has 0 spiro atoms. The second kappa shape index (κ2) is 5.86. The van der Waals surface area contributed by atoms with Gasteiger partial charge in [-0.25, -0.2) is 0 Å². The van der Waals surface area contributed by atoms with Crippen molar-refractivity contribution in [2.75, 3.05) is 13.2 Å². The van der Waals surface area contributed by atoms with E-state index in [0.29, 0.717) is 18.4 Å². The van der Waals surface area contributed by atoms with Gasteiger partial charge in [-0.15, -0.1) is 0 Å². The summed E-state index contributed by atoms with van der Waals surface area (Å²) >= 11 is 0. The van der Waals surface area contributed by atoms with Gasteiger partial charge in [-0.3, -0.25) is 4.79 Å². The first-order chi connectivity index (χ1) is 9.79. The highest BCUT2D eigenvalue weighted by atomic mass is 16.5. The fourth-order valence-corrected chi connectivity index (χ4v) is 3.22. The number of likely N-dealkylation sites (tertiary alicyclic amines) is 1. The van der Waals surface area contributed by atoms with E-state index in [4.69, 9.17) is 4.74 Å². The van der Waals surface area contributed by atoms with Gasteiger partial charge >= 0.3 is 0 Å². The van der Waals surface area contributed by atoms with Gasteiger partial charge in [0.1, 0.15) is 5.75 Å². The Labute approximate surface area is 120 Å². The largest absolute Gasteiger partial charge is 0.494 e. The first-order valence-corrected chi connectivity index (χ1v) is 7.83. The molecule has 3 rings (SSSR count). The molecule has 0 N–H and O–H groups in total. The summed E-state index contributed by atoms with van der Waals surface area (Å²) in [4.78, 5) is 14.6. The van der Waals surface area contributed by atoms with Gasteiger partial charge in [0, 0.05) is 12.5 Å². The Morgan fingerprint density at radius 3 is 2.55 bits per heavy atom. The molecule has 0 bridgehead atoms. The minimum Gasteiger partial charge on any atom is -0.494 e. The van der Waals surface area contributed by atoms with Crippen molar-refractivity contribution in [3.63, 3.8) is 0 Å². The molecule has 1 aromatic carbocycles. The monoisotopic (exact) mass is 273 g/mol. The van der Waals surface area contributed by atoms with Crippen molar-refractivity contribution in [3.8, 4) is 5.75 Å². The first kappa shape index (κ1) is 13.5. The van der Waals surface area contributed by atoms with E-state index in [1.54, 1.807) is 0 Å². The maximum absolute atomic E-state index is 12.5. The Kier molecular flexibility index (Phi) is 3.95. The molecule has 2 aliphatic rings. The van der Waals surface area contributed by atoms with Crippen molar-refractivity contribution in [3.05, 3.63) is 29.8 Å². The molecule has 1 aliphatic heterocycles. The highest BCUT2D eigenvalue weighted by Crippen LogP contribution is 2.37. The molecular formula is C17H23NO2. The van der Waals surface area contributed by atoms with E-state index in [9.17, 15) is 4.79 Å². The van der Waals surface area contributed by atoms with Crippen LogP contribution in [0.3, 0.4) is 0 Å². The Morgan fingerprint density at radius 1 is 1.20 bits per heavy atom. The van der Waals surface area contributed by atoms with Gasteiger partial charge in [0.25, 0.3) is 0 Å². The SMILES string of the molecule is CCOc1ccc([C@@H]2CCCN2C(=O)C2CCC2)cc1. The molecule has 0 unspecified atom stereocenters. The van der Waals surface area contributed by atoms with Crippen LogP contribution >= 0.6 is 0 Å². The number of rotatable bonds is 4. The molecule has 1 amide bonds. The Morgan fingerprint density at radius 2 is 1.95 bits per heavy atom. The fraction of sp³-hybridized carbons (Fsp3) is 0.588. The summed E-state index contributed by atoms with van der Waals surface area (Å²) in [5.74, 6) is 1.59. The predicted octanol–water partition coefficient (Wildman–Crippen LogP) is 3.55. The zero-order valence-electron chi connectivity index (χ0n) is 12.2. The second-order valence-electron chi connectivity index (χ2n) is 5.82. The second-order valence-corrected chi connectivity index (χ2v) is 5.82. The lowest BCUT2D eigenvalue weighted by Crippen LogP contribution is -2.38. The normalized spacial score (nSPS) is 22.6. The van der Waals surface area contributed by atoms with E-state index in [1.165, 1.54) is 12.0 Å². The summed E-state index contributed by atoms with van der Waals surface area (Å²) in [5, 5.41) is 0. The lowest BCUT2D eigenvalue weighted by atomic mass is 9.84. The molecular weight excluding hydrogens is 250 g/mol. The number of carbonyl (C=O) groups excluding carboxylic acids is 1. The summed E-state index contributed by atoms with van der Waals surface area (Å²) < 4.78 is 5.48. The number of carbonyl (C=O) groups is 1. The van der Waals surface area contributed by atoms with Crippen LogP contribution < -0.4 is 4.74 Å². The molecule has 2 fully saturated rings. The summed E-state index contributed by atoms with van der Waals surface area (Å²) in [5.41, 5.74) is 1.25. The molecule has 1 atom stereocenters. The highest BCUT2D eigenvalue weighted by molar-refractivity contribution is 5.80. The topological polar surface area (TPSA) is 29.5 Å². The number of hydrogen-bond acceptors (Lipinski definition) is 2. The molecule has 1 aromatic rings. The maximum atomic E-state index is 12.5. The standard InChI is InChI=1S/C17H23NO2/c1-2-20-15-10-8-13(9-11-15)16-7-4-12-18(16)17(19)14-5-3-6-14/h8-11,14,16H,2-7,12H2,1H3/t16-/m0/s1.